The number of benzene rings is 1. The number of nitrogens with one attached hydrogen (secondary N) is 1. The van der Waals surface area contributed by atoms with E-state index in [0.717, 1.165) is 0 Å². The molecule has 0 aromatic heterocycles. The Bertz CT molecular complexity index is 926. The molecule has 8 nitrogen and oxygen atoms in total. The maximum atomic E-state index is 12.6. The first-order chi connectivity index (χ1) is 13.0. The molecule has 0 radical (unpaired) electrons. The van der Waals surface area contributed by atoms with E-state index in [1.165, 1.54) is 6.92 Å². The van der Waals surface area contributed by atoms with Crippen LogP contribution in [0.5, 0.6) is 0 Å². The first-order valence-corrected chi connectivity index (χ1v) is 12.8. The molecule has 28 heavy (non-hydrogen) atoms. The number of carbonyl (C=O) groups is 2. The predicted molar refractivity (Wildman–Crippen MR) is 106 cm³/mol. The average Bonchev–Trinajstić information content (AvgIpc) is 3.14. The number of hydrogen-bond acceptors (Lipinski definition) is 7. The summed E-state index contributed by atoms with van der Waals surface area (Å²) in [6, 6.07) is 5.77. The number of anilines is 1. The summed E-state index contributed by atoms with van der Waals surface area (Å²) >= 11 is 0. The molecule has 0 saturated carbocycles. The van der Waals surface area contributed by atoms with Gasteiger partial charge in [0.15, 0.2) is 25.5 Å². The van der Waals surface area contributed by atoms with Crippen molar-refractivity contribution in [2.75, 3.05) is 34.9 Å². The molecule has 1 amide bonds. The van der Waals surface area contributed by atoms with E-state index in [9.17, 15) is 26.4 Å². The zero-order valence-electron chi connectivity index (χ0n) is 15.6. The van der Waals surface area contributed by atoms with Gasteiger partial charge < -0.3 is 5.32 Å². The monoisotopic (exact) mass is 428 g/mol. The van der Waals surface area contributed by atoms with Gasteiger partial charge in [-0.05, 0) is 44.0 Å². The van der Waals surface area contributed by atoms with Crippen LogP contribution in [0.1, 0.15) is 30.1 Å². The van der Waals surface area contributed by atoms with E-state index in [2.05, 4.69) is 5.32 Å². The van der Waals surface area contributed by atoms with Gasteiger partial charge in [-0.15, -0.1) is 0 Å². The van der Waals surface area contributed by atoms with E-state index in [-0.39, 0.29) is 53.3 Å². The van der Waals surface area contributed by atoms with Crippen molar-refractivity contribution < 1.29 is 26.4 Å². The molecule has 2 unspecified atom stereocenters. The minimum absolute atomic E-state index is 0.0515. The van der Waals surface area contributed by atoms with Gasteiger partial charge in [-0.1, -0.05) is 0 Å². The quantitative estimate of drug-likeness (QED) is 0.656. The van der Waals surface area contributed by atoms with Crippen molar-refractivity contribution >= 4 is 37.1 Å². The summed E-state index contributed by atoms with van der Waals surface area (Å²) in [5.41, 5.74) is 1.06. The standard InChI is InChI=1S/C18H24N2O6S2/c1-13(21)14-2-4-15(5-3-14)19-18(22)10-20(16-6-8-27(23,24)11-16)17-7-9-28(25,26)12-17/h2-5,16-17H,6-12H2,1H3,(H,19,22). The third-order valence-corrected chi connectivity index (χ3v) is 8.76. The number of ketones is 1. The van der Waals surface area contributed by atoms with Gasteiger partial charge in [-0.25, -0.2) is 16.8 Å². The van der Waals surface area contributed by atoms with Crippen LogP contribution in [0.25, 0.3) is 0 Å². The number of nitrogens with zero attached hydrogens (tertiary/aromatic N) is 1. The van der Waals surface area contributed by atoms with Crippen LogP contribution in [0.4, 0.5) is 5.69 Å². The van der Waals surface area contributed by atoms with E-state index < -0.39 is 19.7 Å². The molecular formula is C18H24N2O6S2. The second-order valence-corrected chi connectivity index (χ2v) is 11.9. The molecule has 10 heteroatoms. The van der Waals surface area contributed by atoms with Gasteiger partial charge in [0.2, 0.25) is 5.91 Å². The molecule has 2 aliphatic rings. The Labute approximate surface area is 165 Å². The fourth-order valence-electron chi connectivity index (χ4n) is 3.78. The molecule has 2 fully saturated rings. The normalized spacial score (nSPS) is 25.6. The summed E-state index contributed by atoms with van der Waals surface area (Å²) in [4.78, 5) is 25.6. The molecule has 2 aliphatic heterocycles. The first kappa shape index (κ1) is 20.9. The third kappa shape index (κ3) is 5.18. The predicted octanol–water partition coefficient (Wildman–Crippen LogP) is 0.504. The van der Waals surface area contributed by atoms with Crippen LogP contribution in [-0.4, -0.2) is 75.1 Å². The van der Waals surface area contributed by atoms with Gasteiger partial charge in [0.25, 0.3) is 0 Å². The van der Waals surface area contributed by atoms with Crippen molar-refractivity contribution in [1.29, 1.82) is 0 Å². The van der Waals surface area contributed by atoms with Crippen molar-refractivity contribution in [3.8, 4) is 0 Å². The summed E-state index contributed by atoms with van der Waals surface area (Å²) in [5.74, 6) is -0.407. The number of rotatable bonds is 6. The SMILES string of the molecule is CC(=O)c1ccc(NC(=O)CN(C2CCS(=O)(=O)C2)C2CCS(=O)(=O)C2)cc1. The van der Waals surface area contributed by atoms with Gasteiger partial charge in [0, 0.05) is 23.3 Å². The van der Waals surface area contributed by atoms with Crippen LogP contribution < -0.4 is 5.32 Å². The van der Waals surface area contributed by atoms with Gasteiger partial charge in [0.1, 0.15) is 0 Å². The summed E-state index contributed by atoms with van der Waals surface area (Å²) in [6.07, 6.45) is 0.805. The molecule has 0 spiro atoms. The first-order valence-electron chi connectivity index (χ1n) is 9.12. The van der Waals surface area contributed by atoms with E-state index in [1.54, 1.807) is 29.2 Å². The molecular weight excluding hydrogens is 404 g/mol. The zero-order valence-corrected chi connectivity index (χ0v) is 17.3. The summed E-state index contributed by atoms with van der Waals surface area (Å²) in [7, 11) is -6.32. The highest BCUT2D eigenvalue weighted by Gasteiger charge is 2.40. The second kappa shape index (κ2) is 7.92. The number of amides is 1. The summed E-state index contributed by atoms with van der Waals surface area (Å²) in [6.45, 7) is 1.38. The Morgan fingerprint density at radius 3 is 1.86 bits per heavy atom. The topological polar surface area (TPSA) is 118 Å². The lowest BCUT2D eigenvalue weighted by Crippen LogP contribution is -2.48. The Balaban J connectivity index is 1.71. The number of Topliss-reactive ketones (excluding diaryl/α,β-unsaturated/α-hetero) is 1. The molecule has 154 valence electrons. The molecule has 1 aromatic carbocycles. The molecule has 2 atom stereocenters. The van der Waals surface area contributed by atoms with E-state index in [1.807, 2.05) is 0 Å². The number of carbonyl (C=O) groups excluding carboxylic acids is 2. The maximum Gasteiger partial charge on any atom is 0.238 e. The van der Waals surface area contributed by atoms with Crippen LogP contribution in [-0.2, 0) is 24.5 Å². The van der Waals surface area contributed by atoms with Crippen molar-refractivity contribution in [2.45, 2.75) is 31.8 Å². The van der Waals surface area contributed by atoms with Crippen molar-refractivity contribution in [3.05, 3.63) is 29.8 Å². The second-order valence-electron chi connectivity index (χ2n) is 7.47. The molecule has 2 saturated heterocycles. The van der Waals surface area contributed by atoms with E-state index >= 15 is 0 Å². The fraction of sp³-hybridized carbons (Fsp3) is 0.556. The molecule has 1 N–H and O–H groups in total. The van der Waals surface area contributed by atoms with Gasteiger partial charge in [-0.3, -0.25) is 14.5 Å². The Hall–Kier alpha value is -1.78. The highest BCUT2D eigenvalue weighted by Crippen LogP contribution is 2.25. The molecule has 1 aromatic rings. The minimum atomic E-state index is -3.16. The van der Waals surface area contributed by atoms with E-state index in [0.29, 0.717) is 24.1 Å². The van der Waals surface area contributed by atoms with Crippen molar-refractivity contribution in [1.82, 2.24) is 4.90 Å². The number of hydrogen-bond donors (Lipinski definition) is 1. The summed E-state index contributed by atoms with van der Waals surface area (Å²) < 4.78 is 47.5. The lowest BCUT2D eigenvalue weighted by molar-refractivity contribution is -0.118. The highest BCUT2D eigenvalue weighted by atomic mass is 32.2. The lowest BCUT2D eigenvalue weighted by Gasteiger charge is -2.32. The summed E-state index contributed by atoms with van der Waals surface area (Å²) in [5, 5.41) is 2.74. The zero-order chi connectivity index (χ0) is 20.5. The molecule has 2 heterocycles. The van der Waals surface area contributed by atoms with Crippen LogP contribution in [0.3, 0.4) is 0 Å². The van der Waals surface area contributed by atoms with Crippen LogP contribution >= 0.6 is 0 Å². The van der Waals surface area contributed by atoms with Gasteiger partial charge in [0.05, 0.1) is 29.6 Å². The van der Waals surface area contributed by atoms with Crippen LogP contribution in [0.15, 0.2) is 24.3 Å². The fourth-order valence-corrected chi connectivity index (χ4v) is 7.27. The Morgan fingerprint density at radius 2 is 1.46 bits per heavy atom. The van der Waals surface area contributed by atoms with Crippen LogP contribution in [0.2, 0.25) is 0 Å². The average molecular weight is 429 g/mol. The third-order valence-electron chi connectivity index (χ3n) is 5.26. The lowest BCUT2D eigenvalue weighted by atomic mass is 10.1. The van der Waals surface area contributed by atoms with Gasteiger partial charge >= 0.3 is 0 Å². The van der Waals surface area contributed by atoms with Crippen molar-refractivity contribution in [2.24, 2.45) is 0 Å². The maximum absolute atomic E-state index is 12.6. The largest absolute Gasteiger partial charge is 0.325 e. The Morgan fingerprint density at radius 1 is 0.964 bits per heavy atom. The molecule has 0 bridgehead atoms. The van der Waals surface area contributed by atoms with E-state index in [4.69, 9.17) is 0 Å². The molecule has 3 rings (SSSR count). The smallest absolute Gasteiger partial charge is 0.238 e. The number of sulfone groups is 2. The van der Waals surface area contributed by atoms with Gasteiger partial charge in [-0.2, -0.15) is 0 Å². The molecule has 0 aliphatic carbocycles. The Kier molecular flexibility index (Phi) is 5.92. The highest BCUT2D eigenvalue weighted by molar-refractivity contribution is 7.92. The minimum Gasteiger partial charge on any atom is -0.325 e. The van der Waals surface area contributed by atoms with Crippen LogP contribution in [0, 0.1) is 0 Å². The van der Waals surface area contributed by atoms with Crippen molar-refractivity contribution in [3.63, 3.8) is 0 Å².